The van der Waals surface area contributed by atoms with Gasteiger partial charge in [0.2, 0.25) is 0 Å². The minimum atomic E-state index is -4.70. The number of likely N-dealkylation sites (tertiary alicyclic amines) is 1. The molecule has 0 aromatic heterocycles. The monoisotopic (exact) mass is 904 g/mol. The molecular formula is C34H44F6LrN2O3. The summed E-state index contributed by atoms with van der Waals surface area (Å²) < 4.78 is 84.8. The molecule has 2 aromatic rings. The van der Waals surface area contributed by atoms with Crippen LogP contribution in [0.2, 0.25) is 0 Å². The van der Waals surface area contributed by atoms with Crippen molar-refractivity contribution in [2.75, 3.05) is 33.2 Å². The molecule has 46 heavy (non-hydrogen) atoms. The number of rotatable bonds is 13. The van der Waals surface area contributed by atoms with Crippen LogP contribution in [0.3, 0.4) is 0 Å². The molecule has 1 heterocycles. The number of carboxylic acids is 1. The van der Waals surface area contributed by atoms with E-state index in [9.17, 15) is 31.9 Å². The Bertz CT molecular complexity index is 1270. The Morgan fingerprint density at radius 3 is 2.30 bits per heavy atom. The van der Waals surface area contributed by atoms with Crippen molar-refractivity contribution in [3.63, 3.8) is 0 Å². The molecule has 12 heteroatoms. The maximum absolute atomic E-state index is 15.1. The van der Waals surface area contributed by atoms with Crippen LogP contribution < -0.4 is 0 Å². The summed E-state index contributed by atoms with van der Waals surface area (Å²) in [6.45, 7) is 4.71. The molecule has 1 saturated heterocycles. The Labute approximate surface area is 261 Å². The van der Waals surface area contributed by atoms with Crippen molar-refractivity contribution < 1.29 is 41.0 Å². The summed E-state index contributed by atoms with van der Waals surface area (Å²) in [5.74, 6) is -2.14. The van der Waals surface area contributed by atoms with Gasteiger partial charge < -0.3 is 10.0 Å². The molecule has 1 aliphatic carbocycles. The van der Waals surface area contributed by atoms with Crippen LogP contribution in [0, 0.1) is 12.7 Å². The van der Waals surface area contributed by atoms with Crippen molar-refractivity contribution in [2.24, 2.45) is 0 Å². The fraction of sp³-hybridized carbons (Fsp3) is 0.618. The van der Waals surface area contributed by atoms with E-state index in [0.29, 0.717) is 37.8 Å². The van der Waals surface area contributed by atoms with Gasteiger partial charge in [-0.3, -0.25) is 14.4 Å². The summed E-state index contributed by atoms with van der Waals surface area (Å²) in [4.78, 5) is 16.8. The van der Waals surface area contributed by atoms with Gasteiger partial charge in [-0.2, -0.15) is 0 Å². The van der Waals surface area contributed by atoms with E-state index in [-0.39, 0.29) is 36.4 Å². The summed E-state index contributed by atoms with van der Waals surface area (Å²) in [5.41, 5.74) is 2.27. The molecule has 2 aromatic carbocycles. The molecule has 1 saturated carbocycles. The van der Waals surface area contributed by atoms with Crippen LogP contribution in [0.5, 0.6) is 0 Å². The number of carboxylic acid groups (broad SMARTS) is 1. The first-order valence-corrected chi connectivity index (χ1v) is 15.9. The average Bonchev–Trinajstić information content (AvgIpc) is 2.98. The van der Waals surface area contributed by atoms with Gasteiger partial charge in [0.25, 0.3) is 6.43 Å². The van der Waals surface area contributed by atoms with Crippen molar-refractivity contribution in [1.29, 1.82) is 0 Å². The standard InChI is InChI=1S/C34H44F6N2O3.Lr/c1-22-7-6-8-27(30(22)24-9-12-26(13-10-24)45-34(38,39)40)31(33(43)44)41(2)19-15-23(16-20-42-17-4-3-5-18-42)28-21-25(32(36)37)11-14-29(28)35;/h6-8,11,14,21,23-24,26,31-32H,3-5,9-10,12-13,15-20H2,1-2H3,(H,43,44);/t23-,24?,26?,31-;/m1./s1. The Kier molecular flexibility index (Phi) is 13.0. The molecule has 0 unspecified atom stereocenters. The number of halogens is 6. The molecule has 0 amide bonds. The fourth-order valence-corrected chi connectivity index (χ4v) is 7.19. The average molecular weight is 905 g/mol. The summed E-state index contributed by atoms with van der Waals surface area (Å²) >= 11 is 0. The van der Waals surface area contributed by atoms with Gasteiger partial charge in [0, 0.05) is 5.56 Å². The number of alkyl halides is 5. The zero-order valence-corrected chi connectivity index (χ0v) is 28.4. The first-order valence-electron chi connectivity index (χ1n) is 15.9. The van der Waals surface area contributed by atoms with Gasteiger partial charge >= 0.3 is 12.3 Å². The van der Waals surface area contributed by atoms with Crippen molar-refractivity contribution >= 4 is 5.97 Å². The van der Waals surface area contributed by atoms with Crippen LogP contribution >= 0.6 is 0 Å². The third kappa shape index (κ3) is 9.69. The van der Waals surface area contributed by atoms with Crippen molar-refractivity contribution in [2.45, 2.75) is 101 Å². The number of aliphatic carboxylic acids is 1. The van der Waals surface area contributed by atoms with Crippen LogP contribution in [0.1, 0.15) is 110 Å². The number of ether oxygens (including phenoxy) is 1. The number of carbonyl (C=O) groups is 1. The summed E-state index contributed by atoms with van der Waals surface area (Å²) in [7, 11) is 1.69. The van der Waals surface area contributed by atoms with Gasteiger partial charge in [0.05, 0.1) is 6.10 Å². The number of nitrogens with zero attached hydrogens (tertiary/aromatic N) is 2. The topological polar surface area (TPSA) is 53.0 Å². The van der Waals surface area contributed by atoms with E-state index in [1.54, 1.807) is 24.1 Å². The zero-order valence-electron chi connectivity index (χ0n) is 26.2. The number of hydrogen-bond acceptors (Lipinski definition) is 4. The van der Waals surface area contributed by atoms with Gasteiger partial charge in [-0.1, -0.05) is 30.7 Å². The second kappa shape index (κ2) is 16.3. The largest absolute Gasteiger partial charge is 0.522 e. The quantitative estimate of drug-likeness (QED) is 0.204. The van der Waals surface area contributed by atoms with Crippen LogP contribution in [0.15, 0.2) is 36.4 Å². The first kappa shape index (κ1) is 36.8. The third-order valence-corrected chi connectivity index (χ3v) is 9.49. The van der Waals surface area contributed by atoms with E-state index in [2.05, 4.69) is 9.64 Å². The zero-order chi connectivity index (χ0) is 32.7. The van der Waals surface area contributed by atoms with Gasteiger partial charge in [-0.05, 0) is 138 Å². The molecule has 2 atom stereocenters. The van der Waals surface area contributed by atoms with E-state index in [1.807, 2.05) is 13.0 Å². The van der Waals surface area contributed by atoms with Gasteiger partial charge in [-0.25, -0.2) is 13.2 Å². The molecule has 0 bridgehead atoms. The normalized spacial score (nSPS) is 20.8. The number of benzene rings is 2. The van der Waals surface area contributed by atoms with E-state index in [4.69, 9.17) is 0 Å². The Hall–Kier alpha value is -3.63. The summed E-state index contributed by atoms with van der Waals surface area (Å²) in [6, 6.07) is 7.79. The minimum Gasteiger partial charge on any atom is -0.480 e. The van der Waals surface area contributed by atoms with Gasteiger partial charge in [0.15, 0.2) is 0 Å². The number of aryl methyl sites for hydroxylation is 1. The number of likely N-dealkylation sites (N-methyl/N-ethyl adjacent to an activating group) is 1. The third-order valence-electron chi connectivity index (χ3n) is 9.49. The van der Waals surface area contributed by atoms with Crippen molar-refractivity contribution in [1.82, 2.24) is 9.80 Å². The van der Waals surface area contributed by atoms with E-state index >= 15 is 4.39 Å². The van der Waals surface area contributed by atoms with Crippen molar-refractivity contribution in [3.05, 3.63) is 70.0 Å². The summed E-state index contributed by atoms with van der Waals surface area (Å²) in [5, 5.41) is 10.4. The Balaban J connectivity index is 0.00000576. The van der Waals surface area contributed by atoms with Gasteiger partial charge in [-0.15, -0.1) is 13.2 Å². The smallest absolute Gasteiger partial charge is 0.480 e. The molecule has 1 aliphatic heterocycles. The van der Waals surface area contributed by atoms with Crippen LogP contribution in [0.4, 0.5) is 26.3 Å². The Morgan fingerprint density at radius 2 is 1.70 bits per heavy atom. The fourth-order valence-electron chi connectivity index (χ4n) is 7.19. The molecule has 1 radical (unpaired) electrons. The first-order chi connectivity index (χ1) is 21.3. The number of hydrogen-bond donors (Lipinski definition) is 1. The molecule has 265 valence electrons. The van der Waals surface area contributed by atoms with Crippen LogP contribution in [0.25, 0.3) is 0 Å². The minimum absolute atomic E-state index is 0. The molecular weight excluding hydrogens is 860 g/mol. The maximum atomic E-state index is 15.1. The molecule has 1 N–H and O–H groups in total. The van der Waals surface area contributed by atoms with E-state index < -0.39 is 42.6 Å². The Morgan fingerprint density at radius 1 is 1.02 bits per heavy atom. The second-order valence-corrected chi connectivity index (χ2v) is 12.6. The second-order valence-electron chi connectivity index (χ2n) is 12.6. The van der Waals surface area contributed by atoms with Crippen molar-refractivity contribution in [3.8, 4) is 0 Å². The molecule has 0 spiro atoms. The van der Waals surface area contributed by atoms with E-state index in [1.165, 1.54) is 6.07 Å². The molecule has 2 fully saturated rings. The van der Waals surface area contributed by atoms with Crippen LogP contribution in [-0.4, -0.2) is 66.6 Å². The predicted octanol–water partition coefficient (Wildman–Crippen LogP) is 8.74. The summed E-state index contributed by atoms with van der Waals surface area (Å²) in [6.07, 6.45) is -2.81. The molecule has 5 nitrogen and oxygen atoms in total. The van der Waals surface area contributed by atoms with E-state index in [0.717, 1.165) is 55.6 Å². The maximum Gasteiger partial charge on any atom is 0.522 e. The molecule has 4 rings (SSSR count). The predicted molar refractivity (Wildman–Crippen MR) is 160 cm³/mol. The van der Waals surface area contributed by atoms with Crippen LogP contribution in [-0.2, 0) is 9.53 Å². The number of piperidine rings is 1. The van der Waals surface area contributed by atoms with Gasteiger partial charge in [0.1, 0.15) is 11.9 Å². The molecule has 2 aliphatic rings. The SMILES string of the molecule is Cc1cccc([C@H](C(=O)O)N(C)CC[C@H](CCN2CCCCC2)c2cc(C(F)F)ccc2F)c1C1CCC(OC(F)(F)F)CC1.[Lr].